The molecule has 0 atom stereocenters. The molecule has 8 nitrogen and oxygen atoms in total. The Morgan fingerprint density at radius 2 is 1.95 bits per heavy atom. The summed E-state index contributed by atoms with van der Waals surface area (Å²) in [5.41, 5.74) is 0. The third kappa shape index (κ3) is 2.41. The van der Waals surface area contributed by atoms with Gasteiger partial charge in [-0.2, -0.15) is 0 Å². The molecule has 0 unspecified atom stereocenters. The van der Waals surface area contributed by atoms with Crippen LogP contribution < -0.4 is 0 Å². The molecule has 0 bridgehead atoms. The van der Waals surface area contributed by atoms with Crippen molar-refractivity contribution in [1.82, 2.24) is 9.21 Å². The summed E-state index contributed by atoms with van der Waals surface area (Å²) in [5.74, 6) is -2.15. The van der Waals surface area contributed by atoms with Crippen LogP contribution in [0.25, 0.3) is 0 Å². The fourth-order valence-electron chi connectivity index (χ4n) is 1.71. The lowest BCUT2D eigenvalue weighted by Crippen LogP contribution is -2.52. The van der Waals surface area contributed by atoms with Gasteiger partial charge in [0.1, 0.15) is 0 Å². The van der Waals surface area contributed by atoms with E-state index < -0.39 is 27.8 Å². The van der Waals surface area contributed by atoms with Crippen LogP contribution in [0.4, 0.5) is 0 Å². The molecule has 2 rings (SSSR count). The topological polar surface area (TPSA) is 108 Å². The standard InChI is InChI=1S/C11H14N2O6S/c1-12(2)20(17,18)9-4-3-8(19-9)10(14)13-5-7(6-13)11(15)16/h3-4,7H,5-6H2,1-2H3,(H,15,16). The van der Waals surface area contributed by atoms with Crippen LogP contribution in [0, 0.1) is 5.92 Å². The summed E-state index contributed by atoms with van der Waals surface area (Å²) in [4.78, 5) is 23.9. The first-order valence-electron chi connectivity index (χ1n) is 5.78. The number of furan rings is 1. The number of sulfonamides is 1. The number of hydrogen-bond donors (Lipinski definition) is 1. The van der Waals surface area contributed by atoms with E-state index in [9.17, 15) is 18.0 Å². The Balaban J connectivity index is 2.11. The second-order valence-corrected chi connectivity index (χ2v) is 6.73. The number of carbonyl (C=O) groups is 2. The van der Waals surface area contributed by atoms with Crippen molar-refractivity contribution in [2.75, 3.05) is 27.2 Å². The molecule has 1 aromatic heterocycles. The van der Waals surface area contributed by atoms with E-state index in [1.54, 1.807) is 0 Å². The van der Waals surface area contributed by atoms with Crippen molar-refractivity contribution in [2.24, 2.45) is 5.92 Å². The molecule has 0 saturated carbocycles. The Hall–Kier alpha value is -1.87. The highest BCUT2D eigenvalue weighted by Gasteiger charge is 2.37. The van der Waals surface area contributed by atoms with Crippen LogP contribution >= 0.6 is 0 Å². The fourth-order valence-corrected chi connectivity index (χ4v) is 2.51. The largest absolute Gasteiger partial charge is 0.481 e. The Morgan fingerprint density at radius 1 is 1.35 bits per heavy atom. The van der Waals surface area contributed by atoms with E-state index in [0.29, 0.717) is 0 Å². The van der Waals surface area contributed by atoms with E-state index in [1.807, 2.05) is 0 Å². The zero-order valence-corrected chi connectivity index (χ0v) is 11.8. The molecule has 0 aromatic carbocycles. The SMILES string of the molecule is CN(C)S(=O)(=O)c1ccc(C(=O)N2CC(C(=O)O)C2)o1. The molecule has 0 spiro atoms. The molecule has 9 heteroatoms. The summed E-state index contributed by atoms with van der Waals surface area (Å²) in [5, 5.41) is 8.41. The molecule has 1 aliphatic rings. The van der Waals surface area contributed by atoms with Crippen LogP contribution in [-0.2, 0) is 14.8 Å². The van der Waals surface area contributed by atoms with E-state index in [0.717, 1.165) is 4.31 Å². The highest BCUT2D eigenvalue weighted by atomic mass is 32.2. The molecule has 1 saturated heterocycles. The van der Waals surface area contributed by atoms with Crippen molar-refractivity contribution >= 4 is 21.9 Å². The number of rotatable bonds is 4. The Bertz CT molecular complexity index is 642. The van der Waals surface area contributed by atoms with Crippen LogP contribution in [-0.4, -0.2) is 61.8 Å². The number of carbonyl (C=O) groups excluding carboxylic acids is 1. The van der Waals surface area contributed by atoms with E-state index in [-0.39, 0.29) is 23.9 Å². The van der Waals surface area contributed by atoms with Crippen LogP contribution in [0.15, 0.2) is 21.6 Å². The second-order valence-electron chi connectivity index (χ2n) is 4.65. The Morgan fingerprint density at radius 3 is 2.45 bits per heavy atom. The summed E-state index contributed by atoms with van der Waals surface area (Å²) in [6.45, 7) is 0.204. The average molecular weight is 302 g/mol. The molecule has 1 aromatic rings. The normalized spacial score (nSPS) is 16.2. The third-order valence-corrected chi connectivity index (χ3v) is 4.73. The highest BCUT2D eigenvalue weighted by Crippen LogP contribution is 2.22. The first-order chi connectivity index (χ1) is 9.23. The zero-order chi connectivity index (χ0) is 15.1. The van der Waals surface area contributed by atoms with Crippen LogP contribution in [0.5, 0.6) is 0 Å². The van der Waals surface area contributed by atoms with Gasteiger partial charge in [0.2, 0.25) is 5.09 Å². The molecule has 1 fully saturated rings. The summed E-state index contributed by atoms with van der Waals surface area (Å²) in [6.07, 6.45) is 0. The van der Waals surface area contributed by atoms with Crippen molar-refractivity contribution in [1.29, 1.82) is 0 Å². The highest BCUT2D eigenvalue weighted by molar-refractivity contribution is 7.88. The van der Waals surface area contributed by atoms with Crippen molar-refractivity contribution < 1.29 is 27.5 Å². The smallest absolute Gasteiger partial charge is 0.310 e. The number of hydrogen-bond acceptors (Lipinski definition) is 5. The van der Waals surface area contributed by atoms with Gasteiger partial charge in [-0.05, 0) is 12.1 Å². The Labute approximate surface area is 115 Å². The van der Waals surface area contributed by atoms with Crippen molar-refractivity contribution in [3.8, 4) is 0 Å². The summed E-state index contributed by atoms with van der Waals surface area (Å²) < 4.78 is 29.6. The van der Waals surface area contributed by atoms with E-state index in [4.69, 9.17) is 9.52 Å². The maximum absolute atomic E-state index is 11.9. The van der Waals surface area contributed by atoms with Crippen LogP contribution in [0.1, 0.15) is 10.6 Å². The number of carboxylic acid groups (broad SMARTS) is 1. The quantitative estimate of drug-likeness (QED) is 0.817. The number of likely N-dealkylation sites (tertiary alicyclic amines) is 1. The molecule has 1 N–H and O–H groups in total. The third-order valence-electron chi connectivity index (χ3n) is 3.05. The maximum atomic E-state index is 11.9. The van der Waals surface area contributed by atoms with Gasteiger partial charge in [0.05, 0.1) is 5.92 Å². The molecule has 1 amide bonds. The predicted octanol–water partition coefficient (Wildman–Crippen LogP) is -0.313. The number of amides is 1. The van der Waals surface area contributed by atoms with Crippen molar-refractivity contribution in [2.45, 2.75) is 5.09 Å². The summed E-state index contributed by atoms with van der Waals surface area (Å²) in [7, 11) is -1.02. The lowest BCUT2D eigenvalue weighted by atomic mass is 10.0. The van der Waals surface area contributed by atoms with E-state index in [2.05, 4.69) is 0 Å². The van der Waals surface area contributed by atoms with Gasteiger partial charge >= 0.3 is 5.97 Å². The minimum absolute atomic E-state index is 0.102. The van der Waals surface area contributed by atoms with Gasteiger partial charge in [-0.15, -0.1) is 0 Å². The maximum Gasteiger partial charge on any atom is 0.310 e. The zero-order valence-electron chi connectivity index (χ0n) is 10.9. The van der Waals surface area contributed by atoms with Gasteiger partial charge in [-0.3, -0.25) is 9.59 Å². The monoisotopic (exact) mass is 302 g/mol. The molecule has 0 aliphatic carbocycles. The minimum Gasteiger partial charge on any atom is -0.481 e. The van der Waals surface area contributed by atoms with E-state index in [1.165, 1.54) is 31.1 Å². The second kappa shape index (κ2) is 4.91. The minimum atomic E-state index is -3.73. The van der Waals surface area contributed by atoms with Crippen LogP contribution in [0.2, 0.25) is 0 Å². The fraction of sp³-hybridized carbons (Fsp3) is 0.455. The predicted molar refractivity (Wildman–Crippen MR) is 66.6 cm³/mol. The van der Waals surface area contributed by atoms with Crippen molar-refractivity contribution in [3.63, 3.8) is 0 Å². The molecular weight excluding hydrogens is 288 g/mol. The lowest BCUT2D eigenvalue weighted by molar-refractivity contribution is -0.146. The van der Waals surface area contributed by atoms with Crippen LogP contribution in [0.3, 0.4) is 0 Å². The van der Waals surface area contributed by atoms with Gasteiger partial charge in [0.25, 0.3) is 15.9 Å². The molecule has 0 radical (unpaired) electrons. The summed E-state index contributed by atoms with van der Waals surface area (Å²) >= 11 is 0. The molecule has 1 aliphatic heterocycles. The first-order valence-corrected chi connectivity index (χ1v) is 7.22. The summed E-state index contributed by atoms with van der Waals surface area (Å²) in [6, 6.07) is 2.48. The molecule has 20 heavy (non-hydrogen) atoms. The first kappa shape index (κ1) is 14.5. The van der Waals surface area contributed by atoms with Gasteiger partial charge < -0.3 is 14.4 Å². The number of carboxylic acids is 1. The average Bonchev–Trinajstić information content (AvgIpc) is 2.75. The van der Waals surface area contributed by atoms with Gasteiger partial charge in [-0.25, -0.2) is 12.7 Å². The van der Waals surface area contributed by atoms with Crippen molar-refractivity contribution in [3.05, 3.63) is 17.9 Å². The Kier molecular flexibility index (Phi) is 3.57. The molecule has 110 valence electrons. The van der Waals surface area contributed by atoms with E-state index >= 15 is 0 Å². The van der Waals surface area contributed by atoms with Gasteiger partial charge in [-0.1, -0.05) is 0 Å². The molecular formula is C11H14N2O6S. The molecule has 2 heterocycles. The number of nitrogens with zero attached hydrogens (tertiary/aromatic N) is 2. The lowest BCUT2D eigenvalue weighted by Gasteiger charge is -2.35. The van der Waals surface area contributed by atoms with Gasteiger partial charge in [0.15, 0.2) is 5.76 Å². The number of aliphatic carboxylic acids is 1. The van der Waals surface area contributed by atoms with Gasteiger partial charge in [0, 0.05) is 27.2 Å².